The fourth-order valence-corrected chi connectivity index (χ4v) is 3.19. The molecule has 0 saturated heterocycles. The molecule has 0 unspecified atom stereocenters. The van der Waals surface area contributed by atoms with E-state index in [1.54, 1.807) is 32.4 Å². The Hall–Kier alpha value is -3.45. The van der Waals surface area contributed by atoms with Crippen LogP contribution in [0.15, 0.2) is 65.5 Å². The number of hydrogen-bond donors (Lipinski definition) is 1. The van der Waals surface area contributed by atoms with Gasteiger partial charge in [0.1, 0.15) is 12.4 Å². The van der Waals surface area contributed by atoms with Crippen molar-refractivity contribution in [1.29, 1.82) is 0 Å². The van der Waals surface area contributed by atoms with Crippen LogP contribution < -0.4 is 15.2 Å². The van der Waals surface area contributed by atoms with Gasteiger partial charge in [-0.3, -0.25) is 0 Å². The molecule has 0 aliphatic carbocycles. The number of ether oxygens (including phenoxy) is 2. The molecule has 0 saturated carbocycles. The number of halogens is 1. The van der Waals surface area contributed by atoms with Crippen molar-refractivity contribution in [1.82, 2.24) is 19.6 Å². The molecular weight excluding hydrogens is 392 g/mol. The summed E-state index contributed by atoms with van der Waals surface area (Å²) in [6.07, 6.45) is 0. The Labute approximate surface area is 172 Å². The molecule has 29 heavy (non-hydrogen) atoms. The van der Waals surface area contributed by atoms with Crippen LogP contribution in [0.25, 0.3) is 16.9 Å². The Balaban J connectivity index is 1.57. The van der Waals surface area contributed by atoms with Crippen LogP contribution >= 0.6 is 11.6 Å². The number of nitrogens with zero attached hydrogens (tertiary/aromatic N) is 3. The SMILES string of the molecule is COc1ccc(-c2cccc(OCc3c(Cl)cccc3-n3[nH]n(C)c3=O)n2)cc1. The maximum Gasteiger partial charge on any atom is 0.364 e. The zero-order chi connectivity index (χ0) is 20.4. The monoisotopic (exact) mass is 410 g/mol. The van der Waals surface area contributed by atoms with Gasteiger partial charge in [-0.15, -0.1) is 0 Å². The number of H-pyrrole nitrogens is 1. The molecule has 4 aromatic rings. The molecule has 8 heteroatoms. The van der Waals surface area contributed by atoms with Crippen LogP contribution in [-0.2, 0) is 13.7 Å². The molecule has 148 valence electrons. The van der Waals surface area contributed by atoms with E-state index in [9.17, 15) is 4.79 Å². The van der Waals surface area contributed by atoms with Gasteiger partial charge in [-0.1, -0.05) is 23.7 Å². The molecule has 0 fully saturated rings. The molecule has 2 heterocycles. The molecule has 0 spiro atoms. The summed E-state index contributed by atoms with van der Waals surface area (Å²) in [6, 6.07) is 18.6. The standard InChI is InChI=1S/C21H19ClN4O3/c1-25-21(27)26(24-25)19-7-3-5-17(22)16(19)13-29-20-8-4-6-18(23-20)14-9-11-15(28-2)12-10-14/h3-12,24H,13H2,1-2H3. The number of benzene rings is 2. The van der Waals surface area contributed by atoms with Gasteiger partial charge in [0.15, 0.2) is 0 Å². The Kier molecular flexibility index (Phi) is 5.14. The van der Waals surface area contributed by atoms with Gasteiger partial charge < -0.3 is 9.47 Å². The van der Waals surface area contributed by atoms with E-state index in [0.717, 1.165) is 17.0 Å². The van der Waals surface area contributed by atoms with Gasteiger partial charge >= 0.3 is 5.69 Å². The summed E-state index contributed by atoms with van der Waals surface area (Å²) in [6.45, 7) is 0.170. The lowest BCUT2D eigenvalue weighted by atomic mass is 10.1. The van der Waals surface area contributed by atoms with Crippen molar-refractivity contribution in [2.24, 2.45) is 7.05 Å². The van der Waals surface area contributed by atoms with Crippen LogP contribution in [0.4, 0.5) is 0 Å². The minimum atomic E-state index is -0.173. The number of nitrogens with one attached hydrogen (secondary N) is 1. The highest BCUT2D eigenvalue weighted by molar-refractivity contribution is 6.31. The fraction of sp³-hybridized carbons (Fsp3) is 0.143. The third kappa shape index (κ3) is 3.77. The van der Waals surface area contributed by atoms with Crippen LogP contribution in [-0.4, -0.2) is 26.7 Å². The summed E-state index contributed by atoms with van der Waals surface area (Å²) in [5.41, 5.74) is 2.90. The minimum absolute atomic E-state index is 0.170. The van der Waals surface area contributed by atoms with Gasteiger partial charge in [0.2, 0.25) is 5.88 Å². The Morgan fingerprint density at radius 1 is 1.07 bits per heavy atom. The van der Waals surface area contributed by atoms with Crippen molar-refractivity contribution in [3.63, 3.8) is 0 Å². The van der Waals surface area contributed by atoms with E-state index in [-0.39, 0.29) is 12.3 Å². The van der Waals surface area contributed by atoms with E-state index in [1.807, 2.05) is 42.5 Å². The van der Waals surface area contributed by atoms with Gasteiger partial charge in [0.25, 0.3) is 0 Å². The summed E-state index contributed by atoms with van der Waals surface area (Å²) < 4.78 is 13.9. The first-order chi connectivity index (χ1) is 14.1. The molecule has 7 nitrogen and oxygen atoms in total. The van der Waals surface area contributed by atoms with E-state index in [1.165, 1.54) is 9.36 Å². The van der Waals surface area contributed by atoms with Gasteiger partial charge in [-0.25, -0.2) is 19.7 Å². The maximum absolute atomic E-state index is 12.0. The minimum Gasteiger partial charge on any atom is -0.497 e. The number of aryl methyl sites for hydroxylation is 1. The first kappa shape index (κ1) is 18.9. The van der Waals surface area contributed by atoms with Crippen molar-refractivity contribution in [2.75, 3.05) is 7.11 Å². The van der Waals surface area contributed by atoms with E-state index in [2.05, 4.69) is 10.2 Å². The summed E-state index contributed by atoms with van der Waals surface area (Å²) in [5.74, 6) is 1.25. The van der Waals surface area contributed by atoms with Gasteiger partial charge in [0.05, 0.1) is 18.5 Å². The Morgan fingerprint density at radius 3 is 2.52 bits per heavy atom. The van der Waals surface area contributed by atoms with Crippen molar-refractivity contribution < 1.29 is 9.47 Å². The first-order valence-corrected chi connectivity index (χ1v) is 9.30. The highest BCUT2D eigenvalue weighted by Gasteiger charge is 2.15. The summed E-state index contributed by atoms with van der Waals surface area (Å²) in [7, 11) is 3.28. The average molecular weight is 411 g/mol. The maximum atomic E-state index is 12.0. The lowest BCUT2D eigenvalue weighted by Gasteiger charge is -2.18. The van der Waals surface area contributed by atoms with Crippen molar-refractivity contribution in [2.45, 2.75) is 6.61 Å². The molecular formula is C21H19ClN4O3. The van der Waals surface area contributed by atoms with Gasteiger partial charge in [-0.05, 0) is 42.5 Å². The molecule has 0 aliphatic heterocycles. The van der Waals surface area contributed by atoms with E-state index < -0.39 is 0 Å². The van der Waals surface area contributed by atoms with E-state index in [0.29, 0.717) is 22.2 Å². The number of pyridine rings is 1. The summed E-state index contributed by atoms with van der Waals surface area (Å²) in [4.78, 5) is 16.6. The molecule has 4 rings (SSSR count). The van der Waals surface area contributed by atoms with Crippen LogP contribution in [0.3, 0.4) is 0 Å². The second-order valence-electron chi connectivity index (χ2n) is 6.39. The second-order valence-corrected chi connectivity index (χ2v) is 6.80. The molecule has 0 amide bonds. The molecule has 0 radical (unpaired) electrons. The normalized spacial score (nSPS) is 10.9. The molecule has 0 aliphatic rings. The number of hydrogen-bond acceptors (Lipinski definition) is 4. The highest BCUT2D eigenvalue weighted by Crippen LogP contribution is 2.26. The van der Waals surface area contributed by atoms with Gasteiger partial charge in [-0.2, -0.15) is 4.68 Å². The third-order valence-electron chi connectivity index (χ3n) is 4.54. The molecule has 0 atom stereocenters. The Bertz CT molecular complexity index is 1190. The fourth-order valence-electron chi connectivity index (χ4n) is 2.96. The predicted octanol–water partition coefficient (Wildman–Crippen LogP) is 3.81. The second kappa shape index (κ2) is 7.89. The third-order valence-corrected chi connectivity index (χ3v) is 4.89. The predicted molar refractivity (Wildman–Crippen MR) is 111 cm³/mol. The van der Waals surface area contributed by atoms with E-state index in [4.69, 9.17) is 21.1 Å². The number of aromatic amines is 1. The molecule has 1 N–H and O–H groups in total. The zero-order valence-electron chi connectivity index (χ0n) is 15.9. The summed E-state index contributed by atoms with van der Waals surface area (Å²) >= 11 is 6.37. The van der Waals surface area contributed by atoms with E-state index >= 15 is 0 Å². The van der Waals surface area contributed by atoms with Crippen LogP contribution in [0, 0.1) is 0 Å². The Morgan fingerprint density at radius 2 is 1.83 bits per heavy atom. The van der Waals surface area contributed by atoms with Crippen molar-refractivity contribution in [3.8, 4) is 28.6 Å². The number of aromatic nitrogens is 4. The van der Waals surface area contributed by atoms with Gasteiger partial charge in [0, 0.05) is 29.3 Å². The molecule has 2 aromatic heterocycles. The zero-order valence-corrected chi connectivity index (χ0v) is 16.7. The molecule has 0 bridgehead atoms. The van der Waals surface area contributed by atoms with Crippen LogP contribution in [0.5, 0.6) is 11.6 Å². The first-order valence-electron chi connectivity index (χ1n) is 8.92. The largest absolute Gasteiger partial charge is 0.497 e. The van der Waals surface area contributed by atoms with Crippen LogP contribution in [0.2, 0.25) is 5.02 Å². The quantitative estimate of drug-likeness (QED) is 0.524. The highest BCUT2D eigenvalue weighted by atomic mass is 35.5. The van der Waals surface area contributed by atoms with Crippen molar-refractivity contribution >= 4 is 11.6 Å². The van der Waals surface area contributed by atoms with Crippen molar-refractivity contribution in [3.05, 3.63) is 81.7 Å². The summed E-state index contributed by atoms with van der Waals surface area (Å²) in [5, 5.41) is 3.40. The molecule has 2 aromatic carbocycles. The lowest BCUT2D eigenvalue weighted by molar-refractivity contribution is 0.293. The number of methoxy groups -OCH3 is 1. The lowest BCUT2D eigenvalue weighted by Crippen LogP contribution is -2.40. The smallest absolute Gasteiger partial charge is 0.364 e. The average Bonchev–Trinajstić information content (AvgIpc) is 2.76. The topological polar surface area (TPSA) is 74.1 Å². The number of rotatable bonds is 6. The van der Waals surface area contributed by atoms with Crippen LogP contribution in [0.1, 0.15) is 5.56 Å².